The number of alkyl halides is 3. The molecule has 0 radical (unpaired) electrons. The van der Waals surface area contributed by atoms with Crippen LogP contribution >= 0.6 is 11.3 Å². The lowest BCUT2D eigenvalue weighted by Gasteiger charge is -2.16. The van der Waals surface area contributed by atoms with Crippen LogP contribution in [0, 0.1) is 5.92 Å². The Hall–Kier alpha value is -1.08. The minimum absolute atomic E-state index is 0.415. The van der Waals surface area contributed by atoms with Crippen molar-refractivity contribution in [2.45, 2.75) is 38.5 Å². The third-order valence-electron chi connectivity index (χ3n) is 3.39. The van der Waals surface area contributed by atoms with E-state index in [-0.39, 0.29) is 0 Å². The maximum absolute atomic E-state index is 12.1. The molecule has 2 atom stereocenters. The highest BCUT2D eigenvalue weighted by Gasteiger charge is 2.38. The standard InChI is InChI=1S/C13H16F3NO2S/c1-7-2-3-9-8(4-7)5-10(20-9)12(19)17-6-11(18)13(14,15)16/h5,7,11,18H,2-4,6H2,1H3,(H,17,19). The molecule has 3 nitrogen and oxygen atoms in total. The van der Waals surface area contributed by atoms with Gasteiger partial charge in [0.25, 0.3) is 5.91 Å². The quantitative estimate of drug-likeness (QED) is 0.901. The van der Waals surface area contributed by atoms with Gasteiger partial charge in [-0.15, -0.1) is 11.3 Å². The number of hydrogen-bond donors (Lipinski definition) is 2. The van der Waals surface area contributed by atoms with Gasteiger partial charge in [0, 0.05) is 4.88 Å². The van der Waals surface area contributed by atoms with E-state index in [2.05, 4.69) is 12.2 Å². The molecule has 0 aliphatic heterocycles. The smallest absolute Gasteiger partial charge is 0.382 e. The zero-order valence-electron chi connectivity index (χ0n) is 11.0. The third-order valence-corrected chi connectivity index (χ3v) is 4.62. The normalized spacial score (nSPS) is 20.4. The van der Waals surface area contributed by atoms with Gasteiger partial charge < -0.3 is 10.4 Å². The van der Waals surface area contributed by atoms with E-state index in [0.29, 0.717) is 10.8 Å². The summed E-state index contributed by atoms with van der Waals surface area (Å²) >= 11 is 1.33. The van der Waals surface area contributed by atoms with Crippen LogP contribution in [-0.2, 0) is 12.8 Å². The van der Waals surface area contributed by atoms with E-state index in [4.69, 9.17) is 5.11 Å². The van der Waals surface area contributed by atoms with Crippen LogP contribution in [0.25, 0.3) is 0 Å². The molecule has 1 amide bonds. The number of rotatable bonds is 3. The Morgan fingerprint density at radius 1 is 1.60 bits per heavy atom. The number of nitrogens with one attached hydrogen (secondary N) is 1. The largest absolute Gasteiger partial charge is 0.416 e. The number of halogens is 3. The Balaban J connectivity index is 1.97. The molecule has 1 aliphatic carbocycles. The number of hydrogen-bond acceptors (Lipinski definition) is 3. The first-order valence-electron chi connectivity index (χ1n) is 6.42. The predicted molar refractivity (Wildman–Crippen MR) is 69.9 cm³/mol. The van der Waals surface area contributed by atoms with E-state index in [9.17, 15) is 18.0 Å². The van der Waals surface area contributed by atoms with E-state index >= 15 is 0 Å². The second-order valence-corrected chi connectivity index (χ2v) is 6.31. The average Bonchev–Trinajstić information content (AvgIpc) is 2.77. The highest BCUT2D eigenvalue weighted by Crippen LogP contribution is 2.32. The minimum atomic E-state index is -4.71. The summed E-state index contributed by atoms with van der Waals surface area (Å²) in [5.41, 5.74) is 1.12. The summed E-state index contributed by atoms with van der Waals surface area (Å²) in [4.78, 5) is 13.4. The molecular weight excluding hydrogens is 291 g/mol. The molecule has 0 fully saturated rings. The van der Waals surface area contributed by atoms with Crippen LogP contribution in [0.2, 0.25) is 0 Å². The fourth-order valence-electron chi connectivity index (χ4n) is 2.21. The first-order chi connectivity index (χ1) is 9.27. The van der Waals surface area contributed by atoms with Gasteiger partial charge >= 0.3 is 6.18 Å². The lowest BCUT2D eigenvalue weighted by molar-refractivity contribution is -0.201. The van der Waals surface area contributed by atoms with Gasteiger partial charge in [-0.2, -0.15) is 13.2 Å². The van der Waals surface area contributed by atoms with Crippen LogP contribution < -0.4 is 5.32 Å². The van der Waals surface area contributed by atoms with Gasteiger partial charge in [0.05, 0.1) is 11.4 Å². The summed E-state index contributed by atoms with van der Waals surface area (Å²) in [6.45, 7) is 1.32. The summed E-state index contributed by atoms with van der Waals surface area (Å²) in [6.07, 6.45) is -4.34. The summed E-state index contributed by atoms with van der Waals surface area (Å²) in [6, 6.07) is 1.75. The molecular formula is C13H16F3NO2S. The molecule has 0 aromatic carbocycles. The number of aliphatic hydroxyl groups excluding tert-OH is 1. The Kier molecular flexibility index (Phi) is 4.39. The predicted octanol–water partition coefficient (Wildman–Crippen LogP) is 2.53. The molecule has 2 unspecified atom stereocenters. The van der Waals surface area contributed by atoms with Crippen LogP contribution in [0.4, 0.5) is 13.2 Å². The fraction of sp³-hybridized carbons (Fsp3) is 0.615. The van der Waals surface area contributed by atoms with Gasteiger partial charge in [-0.3, -0.25) is 4.79 Å². The number of carbonyl (C=O) groups excluding carboxylic acids is 1. The van der Waals surface area contributed by atoms with Gasteiger partial charge in [-0.05, 0) is 36.8 Å². The zero-order chi connectivity index (χ0) is 14.9. The van der Waals surface area contributed by atoms with E-state index in [1.807, 2.05) is 0 Å². The average molecular weight is 307 g/mol. The van der Waals surface area contributed by atoms with Crippen molar-refractivity contribution in [2.24, 2.45) is 5.92 Å². The van der Waals surface area contributed by atoms with Crippen molar-refractivity contribution in [3.8, 4) is 0 Å². The number of fused-ring (bicyclic) bond motifs is 1. The van der Waals surface area contributed by atoms with Crippen molar-refractivity contribution in [1.29, 1.82) is 0 Å². The Morgan fingerprint density at radius 3 is 2.95 bits per heavy atom. The lowest BCUT2D eigenvalue weighted by Crippen LogP contribution is -2.40. The van der Waals surface area contributed by atoms with Crippen LogP contribution in [-0.4, -0.2) is 29.8 Å². The number of carbonyl (C=O) groups is 1. The third kappa shape index (κ3) is 3.52. The van der Waals surface area contributed by atoms with Crippen molar-refractivity contribution in [1.82, 2.24) is 5.32 Å². The number of aliphatic hydroxyl groups is 1. The number of amides is 1. The molecule has 0 saturated carbocycles. The van der Waals surface area contributed by atoms with Crippen LogP contribution in [0.15, 0.2) is 6.07 Å². The van der Waals surface area contributed by atoms with Crippen molar-refractivity contribution >= 4 is 17.2 Å². The minimum Gasteiger partial charge on any atom is -0.382 e. The highest BCUT2D eigenvalue weighted by molar-refractivity contribution is 7.14. The van der Waals surface area contributed by atoms with Crippen LogP contribution in [0.1, 0.15) is 33.5 Å². The summed E-state index contributed by atoms with van der Waals surface area (Å²) < 4.78 is 36.4. The molecule has 1 aromatic heterocycles. The van der Waals surface area contributed by atoms with E-state index in [0.717, 1.165) is 29.7 Å². The second kappa shape index (κ2) is 5.73. The second-order valence-electron chi connectivity index (χ2n) is 5.17. The van der Waals surface area contributed by atoms with Crippen LogP contribution in [0.5, 0.6) is 0 Å². The summed E-state index contributed by atoms with van der Waals surface area (Å²) in [5.74, 6) is 0.0143. The Bertz CT molecular complexity index is 498. The van der Waals surface area contributed by atoms with Gasteiger partial charge in [-0.25, -0.2) is 0 Å². The molecule has 1 aliphatic rings. The van der Waals surface area contributed by atoms with E-state index in [1.54, 1.807) is 6.07 Å². The topological polar surface area (TPSA) is 49.3 Å². The SMILES string of the molecule is CC1CCc2sc(C(=O)NCC(O)C(F)(F)F)cc2C1. The Morgan fingerprint density at radius 2 is 2.30 bits per heavy atom. The molecule has 112 valence electrons. The first kappa shape index (κ1) is 15.3. The molecule has 0 saturated heterocycles. The van der Waals surface area contributed by atoms with E-state index < -0.39 is 24.7 Å². The Labute approximate surface area is 118 Å². The molecule has 2 rings (SSSR count). The molecule has 2 N–H and O–H groups in total. The van der Waals surface area contributed by atoms with Gasteiger partial charge in [-0.1, -0.05) is 6.92 Å². The molecule has 1 aromatic rings. The van der Waals surface area contributed by atoms with Crippen molar-refractivity contribution in [3.05, 3.63) is 21.4 Å². The summed E-state index contributed by atoms with van der Waals surface area (Å²) in [7, 11) is 0. The van der Waals surface area contributed by atoms with Crippen molar-refractivity contribution in [2.75, 3.05) is 6.54 Å². The molecule has 0 bridgehead atoms. The molecule has 1 heterocycles. The van der Waals surface area contributed by atoms with Gasteiger partial charge in [0.1, 0.15) is 0 Å². The van der Waals surface area contributed by atoms with Gasteiger partial charge in [0.2, 0.25) is 0 Å². The van der Waals surface area contributed by atoms with Gasteiger partial charge in [0.15, 0.2) is 6.10 Å². The van der Waals surface area contributed by atoms with Crippen molar-refractivity contribution < 1.29 is 23.1 Å². The monoisotopic (exact) mass is 307 g/mol. The van der Waals surface area contributed by atoms with Crippen molar-refractivity contribution in [3.63, 3.8) is 0 Å². The lowest BCUT2D eigenvalue weighted by atomic mass is 9.90. The number of thiophene rings is 1. The number of aryl methyl sites for hydroxylation is 1. The maximum Gasteiger partial charge on any atom is 0.416 e. The molecule has 7 heteroatoms. The maximum atomic E-state index is 12.1. The zero-order valence-corrected chi connectivity index (χ0v) is 11.8. The molecule has 20 heavy (non-hydrogen) atoms. The highest BCUT2D eigenvalue weighted by atomic mass is 32.1. The van der Waals surface area contributed by atoms with Crippen LogP contribution in [0.3, 0.4) is 0 Å². The van der Waals surface area contributed by atoms with E-state index in [1.165, 1.54) is 11.3 Å². The first-order valence-corrected chi connectivity index (χ1v) is 7.23. The molecule has 0 spiro atoms. The fourth-order valence-corrected chi connectivity index (χ4v) is 3.33. The summed E-state index contributed by atoms with van der Waals surface area (Å²) in [5, 5.41) is 11.0.